The maximum absolute atomic E-state index is 12.1. The molecule has 0 spiro atoms. The number of phenolic OH excluding ortho intramolecular Hbond substituents is 1. The van der Waals surface area contributed by atoms with Crippen LogP contribution in [0.3, 0.4) is 0 Å². The molecule has 0 bridgehead atoms. The summed E-state index contributed by atoms with van der Waals surface area (Å²) in [5.74, 6) is -0.479. The van der Waals surface area contributed by atoms with Crippen LogP contribution < -0.4 is 5.32 Å². The second-order valence-electron chi connectivity index (χ2n) is 4.98. The van der Waals surface area contributed by atoms with Gasteiger partial charge in [-0.3, -0.25) is 9.59 Å². The van der Waals surface area contributed by atoms with Crippen LogP contribution in [-0.4, -0.2) is 42.5 Å². The number of carbonyl (C=O) groups excluding carboxylic acids is 2. The van der Waals surface area contributed by atoms with Gasteiger partial charge in [-0.15, -0.1) is 0 Å². The molecule has 0 aromatic heterocycles. The highest BCUT2D eigenvalue weighted by molar-refractivity contribution is 6.03. The summed E-state index contributed by atoms with van der Waals surface area (Å²) >= 11 is 0. The largest absolute Gasteiger partial charge is 0.506 e. The molecular weight excluding hydrogens is 268 g/mol. The average Bonchev–Trinajstić information content (AvgIpc) is 2.47. The Bertz CT molecular complexity index is 680. The Morgan fingerprint density at radius 1 is 1.14 bits per heavy atom. The highest BCUT2D eigenvalue weighted by atomic mass is 16.3. The van der Waals surface area contributed by atoms with Gasteiger partial charge in [0.25, 0.3) is 5.91 Å². The number of nitrogens with one attached hydrogen (secondary N) is 1. The molecule has 0 fully saturated rings. The van der Waals surface area contributed by atoms with Gasteiger partial charge in [0.05, 0.1) is 5.56 Å². The molecule has 2 rings (SSSR count). The Balaban J connectivity index is 2.09. The highest BCUT2D eigenvalue weighted by Crippen LogP contribution is 2.28. The fourth-order valence-corrected chi connectivity index (χ4v) is 2.04. The first kappa shape index (κ1) is 14.8. The van der Waals surface area contributed by atoms with Gasteiger partial charge in [-0.1, -0.05) is 30.3 Å². The smallest absolute Gasteiger partial charge is 0.255 e. The summed E-state index contributed by atoms with van der Waals surface area (Å²) in [5.41, 5.74) is 0.214. The predicted octanol–water partition coefficient (Wildman–Crippen LogP) is 1.75. The van der Waals surface area contributed by atoms with E-state index >= 15 is 0 Å². The molecule has 2 amide bonds. The molecule has 0 aliphatic carbocycles. The van der Waals surface area contributed by atoms with E-state index in [0.717, 1.165) is 5.39 Å². The molecule has 2 aromatic rings. The lowest BCUT2D eigenvalue weighted by molar-refractivity contribution is -0.128. The molecule has 0 heterocycles. The summed E-state index contributed by atoms with van der Waals surface area (Å²) in [6.07, 6.45) is 0.229. The Morgan fingerprint density at radius 3 is 2.57 bits per heavy atom. The Hall–Kier alpha value is -2.56. The highest BCUT2D eigenvalue weighted by Gasteiger charge is 2.13. The third-order valence-electron chi connectivity index (χ3n) is 3.27. The van der Waals surface area contributed by atoms with Crippen molar-refractivity contribution in [2.45, 2.75) is 6.42 Å². The van der Waals surface area contributed by atoms with Crippen molar-refractivity contribution in [1.82, 2.24) is 10.2 Å². The third kappa shape index (κ3) is 3.31. The van der Waals surface area contributed by atoms with E-state index in [1.54, 1.807) is 38.4 Å². The molecule has 0 atom stereocenters. The Labute approximate surface area is 123 Å². The van der Waals surface area contributed by atoms with Crippen LogP contribution in [0.2, 0.25) is 0 Å². The topological polar surface area (TPSA) is 69.6 Å². The number of carbonyl (C=O) groups is 2. The zero-order valence-electron chi connectivity index (χ0n) is 12.1. The molecule has 2 aromatic carbocycles. The van der Waals surface area contributed by atoms with E-state index in [2.05, 4.69) is 5.32 Å². The van der Waals surface area contributed by atoms with Gasteiger partial charge in [0.15, 0.2) is 0 Å². The lowest BCUT2D eigenvalue weighted by Gasteiger charge is -2.11. The van der Waals surface area contributed by atoms with Gasteiger partial charge in [0.1, 0.15) is 5.75 Å². The second kappa shape index (κ2) is 6.26. The molecule has 5 heteroatoms. The molecule has 0 radical (unpaired) electrons. The number of hydrogen-bond acceptors (Lipinski definition) is 3. The SMILES string of the molecule is CN(C)C(=O)CCNC(=O)c1ccc2ccccc2c1O. The normalized spacial score (nSPS) is 10.4. The number of rotatable bonds is 4. The van der Waals surface area contributed by atoms with Gasteiger partial charge >= 0.3 is 0 Å². The van der Waals surface area contributed by atoms with Crippen molar-refractivity contribution in [3.05, 3.63) is 42.0 Å². The summed E-state index contributed by atoms with van der Waals surface area (Å²) in [6.45, 7) is 0.238. The molecule has 0 unspecified atom stereocenters. The van der Waals surface area contributed by atoms with Gasteiger partial charge in [0, 0.05) is 32.4 Å². The monoisotopic (exact) mass is 286 g/mol. The number of fused-ring (bicyclic) bond motifs is 1. The third-order valence-corrected chi connectivity index (χ3v) is 3.27. The van der Waals surface area contributed by atoms with Crippen molar-refractivity contribution in [3.63, 3.8) is 0 Å². The summed E-state index contributed by atoms with van der Waals surface area (Å²) in [4.78, 5) is 25.0. The molecule has 110 valence electrons. The van der Waals surface area contributed by atoms with Crippen molar-refractivity contribution in [1.29, 1.82) is 0 Å². The maximum Gasteiger partial charge on any atom is 0.255 e. The van der Waals surface area contributed by atoms with Gasteiger partial charge < -0.3 is 15.3 Å². The minimum absolute atomic E-state index is 0.0375. The molecule has 0 saturated heterocycles. The fourth-order valence-electron chi connectivity index (χ4n) is 2.04. The van der Waals surface area contributed by atoms with Gasteiger partial charge in [-0.25, -0.2) is 0 Å². The fraction of sp³-hybridized carbons (Fsp3) is 0.250. The summed E-state index contributed by atoms with van der Waals surface area (Å²) in [5, 5.41) is 14.3. The number of benzene rings is 2. The van der Waals surface area contributed by atoms with Crippen molar-refractivity contribution >= 4 is 22.6 Å². The quantitative estimate of drug-likeness (QED) is 0.899. The van der Waals surface area contributed by atoms with E-state index in [4.69, 9.17) is 0 Å². The predicted molar refractivity (Wildman–Crippen MR) is 81.3 cm³/mol. The number of phenols is 1. The molecule has 0 saturated carbocycles. The number of aromatic hydroxyl groups is 1. The standard InChI is InChI=1S/C16H18N2O3/c1-18(2)14(19)9-10-17-16(21)13-8-7-11-5-3-4-6-12(11)15(13)20/h3-8,20H,9-10H2,1-2H3,(H,17,21). The van der Waals surface area contributed by atoms with Crippen LogP contribution in [0.1, 0.15) is 16.8 Å². The van der Waals surface area contributed by atoms with Crippen LogP contribution in [0, 0.1) is 0 Å². The van der Waals surface area contributed by atoms with E-state index in [0.29, 0.717) is 5.39 Å². The van der Waals surface area contributed by atoms with Crippen LogP contribution in [0.5, 0.6) is 5.75 Å². The number of hydrogen-bond donors (Lipinski definition) is 2. The first-order valence-electron chi connectivity index (χ1n) is 6.70. The van der Waals surface area contributed by atoms with E-state index in [1.807, 2.05) is 12.1 Å². The van der Waals surface area contributed by atoms with Crippen molar-refractivity contribution in [2.24, 2.45) is 0 Å². The van der Waals surface area contributed by atoms with Crippen LogP contribution in [0.4, 0.5) is 0 Å². The molecule has 5 nitrogen and oxygen atoms in total. The van der Waals surface area contributed by atoms with Crippen molar-refractivity contribution in [2.75, 3.05) is 20.6 Å². The van der Waals surface area contributed by atoms with E-state index in [-0.39, 0.29) is 36.1 Å². The average molecular weight is 286 g/mol. The molecule has 21 heavy (non-hydrogen) atoms. The van der Waals surface area contributed by atoms with E-state index in [9.17, 15) is 14.7 Å². The first-order chi connectivity index (χ1) is 10.0. The van der Waals surface area contributed by atoms with Gasteiger partial charge in [0.2, 0.25) is 5.91 Å². The minimum Gasteiger partial charge on any atom is -0.506 e. The van der Waals surface area contributed by atoms with Gasteiger partial charge in [-0.05, 0) is 11.5 Å². The molecule has 0 aliphatic heterocycles. The Kier molecular flexibility index (Phi) is 4.42. The van der Waals surface area contributed by atoms with Crippen LogP contribution in [0.15, 0.2) is 36.4 Å². The Morgan fingerprint density at radius 2 is 1.86 bits per heavy atom. The maximum atomic E-state index is 12.1. The molecular formula is C16H18N2O3. The van der Waals surface area contributed by atoms with E-state index < -0.39 is 0 Å². The van der Waals surface area contributed by atoms with Gasteiger partial charge in [-0.2, -0.15) is 0 Å². The zero-order valence-corrected chi connectivity index (χ0v) is 12.1. The van der Waals surface area contributed by atoms with Crippen molar-refractivity contribution < 1.29 is 14.7 Å². The lowest BCUT2D eigenvalue weighted by Crippen LogP contribution is -2.30. The lowest BCUT2D eigenvalue weighted by atomic mass is 10.0. The zero-order chi connectivity index (χ0) is 15.4. The summed E-state index contributed by atoms with van der Waals surface area (Å²) in [6, 6.07) is 10.7. The number of amides is 2. The van der Waals surface area contributed by atoms with Crippen molar-refractivity contribution in [3.8, 4) is 5.75 Å². The van der Waals surface area contributed by atoms with Crippen LogP contribution in [-0.2, 0) is 4.79 Å². The minimum atomic E-state index is -0.384. The second-order valence-corrected chi connectivity index (χ2v) is 4.98. The summed E-state index contributed by atoms with van der Waals surface area (Å²) < 4.78 is 0. The number of nitrogens with zero attached hydrogens (tertiary/aromatic N) is 1. The first-order valence-corrected chi connectivity index (χ1v) is 6.70. The van der Waals surface area contributed by atoms with Crippen LogP contribution >= 0.6 is 0 Å². The molecule has 2 N–H and O–H groups in total. The molecule has 0 aliphatic rings. The van der Waals surface area contributed by atoms with E-state index in [1.165, 1.54) is 4.90 Å². The van der Waals surface area contributed by atoms with Crippen LogP contribution in [0.25, 0.3) is 10.8 Å². The summed E-state index contributed by atoms with van der Waals surface area (Å²) in [7, 11) is 3.33.